The summed E-state index contributed by atoms with van der Waals surface area (Å²) in [5.41, 5.74) is 1.65. The van der Waals surface area contributed by atoms with Crippen molar-refractivity contribution in [2.45, 2.75) is 6.54 Å². The average Bonchev–Trinajstić information content (AvgIpc) is 2.79. The maximum absolute atomic E-state index is 11.1. The molecule has 3 rings (SSSR count). The molecule has 0 saturated carbocycles. The number of carbonyl (C=O) groups is 1. The fraction of sp³-hybridized carbons (Fsp3) is 0.0714. The molecule has 2 aromatic heterocycles. The minimum absolute atomic E-state index is 0.0515. The Labute approximate surface area is 140 Å². The lowest BCUT2D eigenvalue weighted by molar-refractivity contribution is 0.0696. The molecule has 0 aliphatic carbocycles. The summed E-state index contributed by atoms with van der Waals surface area (Å²) in [6, 6.07) is 6.65. The van der Waals surface area contributed by atoms with Crippen molar-refractivity contribution < 1.29 is 9.90 Å². The van der Waals surface area contributed by atoms with E-state index in [0.29, 0.717) is 26.6 Å². The lowest BCUT2D eigenvalue weighted by Gasteiger charge is -2.08. The van der Waals surface area contributed by atoms with Gasteiger partial charge in [-0.2, -0.15) is 5.10 Å². The van der Waals surface area contributed by atoms with Crippen molar-refractivity contribution >= 4 is 51.8 Å². The molecule has 0 amide bonds. The first-order chi connectivity index (χ1) is 10.5. The topological polar surface area (TPSA) is 68.0 Å². The molecule has 0 spiro atoms. The molecule has 0 fully saturated rings. The summed E-state index contributed by atoms with van der Waals surface area (Å²) in [7, 11) is 0. The zero-order valence-corrected chi connectivity index (χ0v) is 13.2. The van der Waals surface area contributed by atoms with Crippen molar-refractivity contribution in [3.8, 4) is 0 Å². The average molecular weight is 357 g/mol. The normalized spacial score (nSPS) is 11.0. The fourth-order valence-electron chi connectivity index (χ4n) is 2.09. The van der Waals surface area contributed by atoms with Crippen LogP contribution in [0.15, 0.2) is 30.5 Å². The fourth-order valence-corrected chi connectivity index (χ4v) is 2.84. The van der Waals surface area contributed by atoms with Gasteiger partial charge in [0.2, 0.25) is 0 Å². The first kappa shape index (κ1) is 15.1. The van der Waals surface area contributed by atoms with Crippen LogP contribution >= 0.6 is 34.8 Å². The number of hydrogen-bond acceptors (Lipinski definition) is 3. The van der Waals surface area contributed by atoms with Gasteiger partial charge in [0, 0.05) is 21.8 Å². The van der Waals surface area contributed by atoms with Crippen LogP contribution in [-0.4, -0.2) is 25.8 Å². The molecular formula is C14H8Cl3N3O2. The van der Waals surface area contributed by atoms with E-state index < -0.39 is 5.97 Å². The summed E-state index contributed by atoms with van der Waals surface area (Å²) in [6.45, 7) is 0.256. The van der Waals surface area contributed by atoms with Gasteiger partial charge < -0.3 is 5.11 Å². The highest BCUT2D eigenvalue weighted by Crippen LogP contribution is 2.28. The Bertz CT molecular complexity index is 872. The maximum atomic E-state index is 11.1. The summed E-state index contributed by atoms with van der Waals surface area (Å²) in [6.07, 6.45) is 1.24. The van der Waals surface area contributed by atoms with Gasteiger partial charge in [0.1, 0.15) is 5.52 Å². The van der Waals surface area contributed by atoms with Crippen LogP contribution in [-0.2, 0) is 6.54 Å². The number of rotatable bonds is 3. The SMILES string of the molecule is O=C(O)c1cnc2c(Cl)nn(Cc3c(Cl)cccc3Cl)c2c1. The Hall–Kier alpha value is -1.82. The van der Waals surface area contributed by atoms with Gasteiger partial charge in [-0.15, -0.1) is 0 Å². The van der Waals surface area contributed by atoms with Gasteiger partial charge in [-0.05, 0) is 18.2 Å². The first-order valence-corrected chi connectivity index (χ1v) is 7.29. The van der Waals surface area contributed by atoms with E-state index in [-0.39, 0.29) is 17.3 Å². The van der Waals surface area contributed by atoms with Gasteiger partial charge in [-0.1, -0.05) is 40.9 Å². The van der Waals surface area contributed by atoms with Crippen LogP contribution < -0.4 is 0 Å². The molecule has 112 valence electrons. The molecule has 0 aliphatic heterocycles. The number of pyridine rings is 1. The van der Waals surface area contributed by atoms with Crippen molar-refractivity contribution in [1.29, 1.82) is 0 Å². The summed E-state index contributed by atoms with van der Waals surface area (Å²) in [4.78, 5) is 15.1. The number of hydrogen-bond donors (Lipinski definition) is 1. The molecule has 1 N–H and O–H groups in total. The molecule has 0 bridgehead atoms. The van der Waals surface area contributed by atoms with Crippen LogP contribution in [0.1, 0.15) is 15.9 Å². The Morgan fingerprint density at radius 1 is 1.23 bits per heavy atom. The number of halogens is 3. The number of aromatic nitrogens is 3. The highest BCUT2D eigenvalue weighted by atomic mass is 35.5. The summed E-state index contributed by atoms with van der Waals surface area (Å²) >= 11 is 18.3. The molecule has 1 aromatic carbocycles. The van der Waals surface area contributed by atoms with Crippen LogP contribution in [0.4, 0.5) is 0 Å². The molecule has 0 atom stereocenters. The highest BCUT2D eigenvalue weighted by molar-refractivity contribution is 6.36. The van der Waals surface area contributed by atoms with Crippen molar-refractivity contribution in [3.63, 3.8) is 0 Å². The number of benzene rings is 1. The van der Waals surface area contributed by atoms with Crippen LogP contribution in [0.25, 0.3) is 11.0 Å². The Balaban J connectivity index is 2.14. The second kappa shape index (κ2) is 5.76. The summed E-state index contributed by atoms with van der Waals surface area (Å²) < 4.78 is 1.53. The number of carboxylic acids is 1. The van der Waals surface area contributed by atoms with Crippen LogP contribution in [0.3, 0.4) is 0 Å². The lowest BCUT2D eigenvalue weighted by Crippen LogP contribution is -2.04. The quantitative estimate of drug-likeness (QED) is 0.766. The number of carboxylic acid groups (broad SMARTS) is 1. The van der Waals surface area contributed by atoms with E-state index in [1.807, 2.05) is 0 Å². The molecule has 2 heterocycles. The van der Waals surface area contributed by atoms with Crippen LogP contribution in [0.5, 0.6) is 0 Å². The van der Waals surface area contributed by atoms with E-state index in [9.17, 15) is 4.79 Å². The molecular weight excluding hydrogens is 349 g/mol. The Morgan fingerprint density at radius 2 is 1.91 bits per heavy atom. The molecule has 5 nitrogen and oxygen atoms in total. The van der Waals surface area contributed by atoms with Crippen molar-refractivity contribution in [2.75, 3.05) is 0 Å². The van der Waals surface area contributed by atoms with Crippen molar-refractivity contribution in [2.24, 2.45) is 0 Å². The van der Waals surface area contributed by atoms with Gasteiger partial charge in [-0.3, -0.25) is 9.67 Å². The molecule has 3 aromatic rings. The maximum Gasteiger partial charge on any atom is 0.337 e. The van der Waals surface area contributed by atoms with Crippen molar-refractivity contribution in [3.05, 3.63) is 56.8 Å². The third-order valence-corrected chi connectivity index (χ3v) is 4.13. The van der Waals surface area contributed by atoms with Crippen molar-refractivity contribution in [1.82, 2.24) is 14.8 Å². The number of fused-ring (bicyclic) bond motifs is 1. The minimum Gasteiger partial charge on any atom is -0.478 e. The zero-order valence-electron chi connectivity index (χ0n) is 10.9. The number of aromatic carboxylic acids is 1. The monoisotopic (exact) mass is 355 g/mol. The predicted octanol–water partition coefficient (Wildman–Crippen LogP) is 4.14. The van der Waals surface area contributed by atoms with Gasteiger partial charge in [0.15, 0.2) is 5.15 Å². The van der Waals surface area contributed by atoms with E-state index in [4.69, 9.17) is 39.9 Å². The Kier molecular flexibility index (Phi) is 3.95. The molecule has 0 saturated heterocycles. The van der Waals surface area contributed by atoms with E-state index in [2.05, 4.69) is 10.1 Å². The van der Waals surface area contributed by atoms with Crippen LogP contribution in [0, 0.1) is 0 Å². The predicted molar refractivity (Wildman–Crippen MR) is 85.1 cm³/mol. The first-order valence-electron chi connectivity index (χ1n) is 6.15. The second-order valence-corrected chi connectivity index (χ2v) is 5.72. The molecule has 0 radical (unpaired) electrons. The molecule has 8 heteroatoms. The minimum atomic E-state index is -1.07. The van der Waals surface area contributed by atoms with E-state index >= 15 is 0 Å². The zero-order chi connectivity index (χ0) is 15.9. The van der Waals surface area contributed by atoms with Gasteiger partial charge in [0.25, 0.3) is 0 Å². The summed E-state index contributed by atoms with van der Waals surface area (Å²) in [5.74, 6) is -1.07. The second-order valence-electron chi connectivity index (χ2n) is 4.55. The number of nitrogens with zero attached hydrogens (tertiary/aromatic N) is 3. The van der Waals surface area contributed by atoms with Gasteiger partial charge >= 0.3 is 5.97 Å². The molecule has 22 heavy (non-hydrogen) atoms. The van der Waals surface area contributed by atoms with E-state index in [1.165, 1.54) is 16.9 Å². The largest absolute Gasteiger partial charge is 0.478 e. The van der Waals surface area contributed by atoms with E-state index in [0.717, 1.165) is 0 Å². The lowest BCUT2D eigenvalue weighted by atomic mass is 10.2. The third-order valence-electron chi connectivity index (χ3n) is 3.17. The van der Waals surface area contributed by atoms with E-state index in [1.54, 1.807) is 18.2 Å². The smallest absolute Gasteiger partial charge is 0.337 e. The third kappa shape index (κ3) is 2.63. The van der Waals surface area contributed by atoms with Crippen LogP contribution in [0.2, 0.25) is 15.2 Å². The van der Waals surface area contributed by atoms with Gasteiger partial charge in [0.05, 0.1) is 17.6 Å². The summed E-state index contributed by atoms with van der Waals surface area (Å²) in [5, 5.41) is 14.4. The molecule has 0 aliphatic rings. The standard InChI is InChI=1S/C14H8Cl3N3O2/c15-9-2-1-3-10(16)8(9)6-20-11-4-7(14(21)22)5-18-12(11)13(17)19-20/h1-5H,6H2,(H,21,22). The Morgan fingerprint density at radius 3 is 2.55 bits per heavy atom. The highest BCUT2D eigenvalue weighted by Gasteiger charge is 2.15. The molecule has 0 unspecified atom stereocenters. The van der Waals surface area contributed by atoms with Gasteiger partial charge in [-0.25, -0.2) is 4.79 Å².